The highest BCUT2D eigenvalue weighted by molar-refractivity contribution is 8.14. The van der Waals surface area contributed by atoms with Crippen molar-refractivity contribution in [3.63, 3.8) is 0 Å². The Morgan fingerprint density at radius 2 is 2.09 bits per heavy atom. The number of aromatic nitrogens is 2. The van der Waals surface area contributed by atoms with Gasteiger partial charge in [-0.15, -0.1) is 0 Å². The molecule has 2 aliphatic rings. The standard InChI is InChI=1S/C18H22N4S/c1-11-9-14(13(3)21(11)4)17-16(15-7-5-6-8-19-15)20-18-22(17)10-12(2)23-18/h5-9,12,16-17H,10H2,1-4H3/t12-,16+,17-/m0/s1. The summed E-state index contributed by atoms with van der Waals surface area (Å²) < 4.78 is 2.27. The van der Waals surface area contributed by atoms with E-state index >= 15 is 0 Å². The second-order valence-electron chi connectivity index (χ2n) is 6.52. The maximum absolute atomic E-state index is 5.04. The quantitative estimate of drug-likeness (QED) is 0.845. The fourth-order valence-electron chi connectivity index (χ4n) is 3.64. The number of fused-ring (bicyclic) bond motifs is 1. The van der Waals surface area contributed by atoms with Crippen molar-refractivity contribution < 1.29 is 0 Å². The first-order valence-electron chi connectivity index (χ1n) is 8.11. The van der Waals surface area contributed by atoms with Gasteiger partial charge in [-0.1, -0.05) is 24.8 Å². The van der Waals surface area contributed by atoms with Crippen molar-refractivity contribution in [2.45, 2.75) is 38.1 Å². The molecule has 2 aliphatic heterocycles. The average molecular weight is 326 g/mol. The summed E-state index contributed by atoms with van der Waals surface area (Å²) in [5, 5.41) is 1.78. The first kappa shape index (κ1) is 14.8. The Kier molecular flexibility index (Phi) is 3.48. The molecular weight excluding hydrogens is 304 g/mol. The monoisotopic (exact) mass is 326 g/mol. The number of pyridine rings is 1. The molecule has 0 unspecified atom stereocenters. The van der Waals surface area contributed by atoms with Gasteiger partial charge in [-0.05, 0) is 37.6 Å². The Labute approximate surface area is 141 Å². The Morgan fingerprint density at radius 1 is 1.26 bits per heavy atom. The number of rotatable bonds is 2. The average Bonchev–Trinajstić information content (AvgIpc) is 3.15. The number of aryl methyl sites for hydroxylation is 1. The van der Waals surface area contributed by atoms with Crippen LogP contribution in [0.3, 0.4) is 0 Å². The molecule has 0 bridgehead atoms. The van der Waals surface area contributed by atoms with Gasteiger partial charge in [0.25, 0.3) is 0 Å². The number of thioether (sulfide) groups is 1. The van der Waals surface area contributed by atoms with Crippen LogP contribution in [0.2, 0.25) is 0 Å². The molecule has 0 N–H and O–H groups in total. The van der Waals surface area contributed by atoms with E-state index in [2.05, 4.69) is 60.5 Å². The minimum atomic E-state index is 0.0895. The topological polar surface area (TPSA) is 33.4 Å². The molecular formula is C18H22N4S. The predicted octanol–water partition coefficient (Wildman–Crippen LogP) is 3.63. The summed E-state index contributed by atoms with van der Waals surface area (Å²) in [6.45, 7) is 7.72. The lowest BCUT2D eigenvalue weighted by Crippen LogP contribution is -2.28. The number of hydrogen-bond donors (Lipinski definition) is 0. The van der Waals surface area contributed by atoms with Crippen LogP contribution in [0.4, 0.5) is 0 Å². The van der Waals surface area contributed by atoms with Gasteiger partial charge in [0.2, 0.25) is 0 Å². The highest BCUT2D eigenvalue weighted by Crippen LogP contribution is 2.48. The number of nitrogens with zero attached hydrogens (tertiary/aromatic N) is 4. The van der Waals surface area contributed by atoms with E-state index in [0.717, 1.165) is 12.2 Å². The summed E-state index contributed by atoms with van der Waals surface area (Å²) in [6, 6.07) is 8.80. The van der Waals surface area contributed by atoms with Crippen LogP contribution < -0.4 is 0 Å². The smallest absolute Gasteiger partial charge is 0.160 e. The molecule has 0 aliphatic carbocycles. The van der Waals surface area contributed by atoms with E-state index in [9.17, 15) is 0 Å². The normalized spacial score (nSPS) is 26.5. The van der Waals surface area contributed by atoms with Gasteiger partial charge in [0, 0.05) is 36.4 Å². The fraction of sp³-hybridized carbons (Fsp3) is 0.444. The third kappa shape index (κ3) is 2.29. The van der Waals surface area contributed by atoms with Gasteiger partial charge in [0.05, 0.1) is 11.7 Å². The van der Waals surface area contributed by atoms with Crippen molar-refractivity contribution >= 4 is 16.9 Å². The van der Waals surface area contributed by atoms with Crippen LogP contribution in [-0.4, -0.2) is 31.4 Å². The van der Waals surface area contributed by atoms with Gasteiger partial charge in [0.15, 0.2) is 5.17 Å². The first-order chi connectivity index (χ1) is 11.1. The summed E-state index contributed by atoms with van der Waals surface area (Å²) in [5.74, 6) is 0. The Morgan fingerprint density at radius 3 is 2.74 bits per heavy atom. The number of aliphatic imine (C=N–C) groups is 1. The van der Waals surface area contributed by atoms with Crippen LogP contribution >= 0.6 is 11.8 Å². The van der Waals surface area contributed by atoms with Crippen LogP contribution in [0.15, 0.2) is 35.5 Å². The minimum absolute atomic E-state index is 0.0895. The van der Waals surface area contributed by atoms with Gasteiger partial charge in [-0.2, -0.15) is 0 Å². The summed E-state index contributed by atoms with van der Waals surface area (Å²) >= 11 is 1.89. The van der Waals surface area contributed by atoms with Crippen LogP contribution in [0.25, 0.3) is 0 Å². The van der Waals surface area contributed by atoms with Crippen molar-refractivity contribution in [2.75, 3.05) is 6.54 Å². The van der Waals surface area contributed by atoms with Gasteiger partial charge in [-0.3, -0.25) is 9.98 Å². The highest BCUT2D eigenvalue weighted by Gasteiger charge is 2.44. The minimum Gasteiger partial charge on any atom is -0.352 e. The van der Waals surface area contributed by atoms with Gasteiger partial charge in [-0.25, -0.2) is 0 Å². The van der Waals surface area contributed by atoms with Gasteiger partial charge in [0.1, 0.15) is 6.04 Å². The first-order valence-corrected chi connectivity index (χ1v) is 8.99. The summed E-state index contributed by atoms with van der Waals surface area (Å²) in [5.41, 5.74) is 5.07. The van der Waals surface area contributed by atoms with Crippen molar-refractivity contribution in [1.29, 1.82) is 0 Å². The zero-order chi connectivity index (χ0) is 16.1. The molecule has 0 radical (unpaired) electrons. The summed E-state index contributed by atoms with van der Waals surface area (Å²) in [7, 11) is 2.14. The second kappa shape index (κ2) is 5.41. The van der Waals surface area contributed by atoms with Crippen molar-refractivity contribution in [3.8, 4) is 0 Å². The number of amidine groups is 1. The van der Waals surface area contributed by atoms with E-state index in [0.29, 0.717) is 5.25 Å². The molecule has 5 heteroatoms. The van der Waals surface area contributed by atoms with Gasteiger partial charge >= 0.3 is 0 Å². The maximum atomic E-state index is 5.04. The molecule has 120 valence electrons. The van der Waals surface area contributed by atoms with Crippen molar-refractivity contribution in [2.24, 2.45) is 12.0 Å². The highest BCUT2D eigenvalue weighted by atomic mass is 32.2. The molecule has 4 nitrogen and oxygen atoms in total. The van der Waals surface area contributed by atoms with E-state index in [1.807, 2.05) is 24.0 Å². The van der Waals surface area contributed by atoms with Crippen LogP contribution in [0.1, 0.15) is 41.7 Å². The zero-order valence-corrected chi connectivity index (χ0v) is 14.8. The molecule has 1 saturated heterocycles. The lowest BCUT2D eigenvalue weighted by atomic mass is 9.96. The van der Waals surface area contributed by atoms with Crippen LogP contribution in [0, 0.1) is 13.8 Å². The zero-order valence-electron chi connectivity index (χ0n) is 14.0. The molecule has 2 aromatic rings. The molecule has 0 amide bonds. The Hall–Kier alpha value is -1.75. The van der Waals surface area contributed by atoms with E-state index < -0.39 is 0 Å². The molecule has 2 aromatic heterocycles. The third-order valence-electron chi connectivity index (χ3n) is 5.01. The molecule has 0 aromatic carbocycles. The van der Waals surface area contributed by atoms with E-state index in [4.69, 9.17) is 4.99 Å². The van der Waals surface area contributed by atoms with E-state index in [1.165, 1.54) is 22.1 Å². The largest absolute Gasteiger partial charge is 0.352 e. The molecule has 0 saturated carbocycles. The van der Waals surface area contributed by atoms with Crippen LogP contribution in [-0.2, 0) is 7.05 Å². The summed E-state index contributed by atoms with van der Waals surface area (Å²) in [4.78, 5) is 12.1. The van der Waals surface area contributed by atoms with Crippen molar-refractivity contribution in [1.82, 2.24) is 14.5 Å². The van der Waals surface area contributed by atoms with Crippen molar-refractivity contribution in [3.05, 3.63) is 53.1 Å². The Balaban J connectivity index is 1.82. The molecule has 0 spiro atoms. The fourth-order valence-corrected chi connectivity index (χ4v) is 4.73. The lowest BCUT2D eigenvalue weighted by Gasteiger charge is -2.27. The van der Waals surface area contributed by atoms with Crippen LogP contribution in [0.5, 0.6) is 0 Å². The molecule has 1 fully saturated rings. The molecule has 4 rings (SSSR count). The maximum Gasteiger partial charge on any atom is 0.160 e. The molecule has 23 heavy (non-hydrogen) atoms. The molecule has 4 heterocycles. The van der Waals surface area contributed by atoms with E-state index in [-0.39, 0.29) is 12.1 Å². The van der Waals surface area contributed by atoms with Gasteiger partial charge < -0.3 is 9.47 Å². The SMILES string of the molecule is Cc1cc([C@H]2[C@@H](c3ccccn3)N=C3S[C@@H](C)CN32)c(C)n1C. The Bertz CT molecular complexity index is 765. The number of hydrogen-bond acceptors (Lipinski definition) is 4. The second-order valence-corrected chi connectivity index (χ2v) is 7.93. The third-order valence-corrected chi connectivity index (χ3v) is 6.12. The molecule has 3 atom stereocenters. The van der Waals surface area contributed by atoms with E-state index in [1.54, 1.807) is 0 Å². The lowest BCUT2D eigenvalue weighted by molar-refractivity contribution is 0.320. The predicted molar refractivity (Wildman–Crippen MR) is 95.8 cm³/mol. The summed E-state index contributed by atoms with van der Waals surface area (Å²) in [6.07, 6.45) is 1.87.